The third-order valence-electron chi connectivity index (χ3n) is 4.78. The molecule has 0 unspecified atom stereocenters. The molecule has 2 aromatic rings. The van der Waals surface area contributed by atoms with E-state index in [4.69, 9.17) is 21.1 Å². The number of sulfonamides is 1. The highest BCUT2D eigenvalue weighted by molar-refractivity contribution is 7.89. The summed E-state index contributed by atoms with van der Waals surface area (Å²) in [5.41, 5.74) is -0.137. The minimum Gasteiger partial charge on any atom is -0.452 e. The number of carbonyl (C=O) groups excluding carboxylic acids is 2. The number of hydrogen-bond donors (Lipinski definition) is 1. The molecule has 0 aromatic heterocycles. The van der Waals surface area contributed by atoms with E-state index >= 15 is 0 Å². The van der Waals surface area contributed by atoms with Gasteiger partial charge in [0.05, 0.1) is 28.6 Å². The van der Waals surface area contributed by atoms with E-state index in [1.54, 1.807) is 6.92 Å². The maximum Gasteiger partial charge on any atom is 0.338 e. The summed E-state index contributed by atoms with van der Waals surface area (Å²) in [5.74, 6) is -1.74. The van der Waals surface area contributed by atoms with Crippen LogP contribution in [0.25, 0.3) is 0 Å². The van der Waals surface area contributed by atoms with Crippen molar-refractivity contribution in [1.29, 1.82) is 0 Å². The minimum atomic E-state index is -3.85. The predicted molar refractivity (Wildman–Crippen MR) is 118 cm³/mol. The Bertz CT molecular complexity index is 1200. The fourth-order valence-electron chi connectivity index (χ4n) is 3.09. The number of carbonyl (C=O) groups is 2. The zero-order chi connectivity index (χ0) is 24.2. The zero-order valence-electron chi connectivity index (χ0n) is 17.4. The molecule has 0 radical (unpaired) electrons. The Balaban J connectivity index is 1.69. The van der Waals surface area contributed by atoms with Crippen LogP contribution in [0, 0.1) is 17.0 Å². The second-order valence-electron chi connectivity index (χ2n) is 7.04. The van der Waals surface area contributed by atoms with Crippen molar-refractivity contribution < 1.29 is 32.4 Å². The second-order valence-corrected chi connectivity index (χ2v) is 9.38. The van der Waals surface area contributed by atoms with Crippen LogP contribution in [0.1, 0.15) is 15.9 Å². The SMILES string of the molecule is Cc1ccc(C(=O)OCC(=O)Nc2ccc(Cl)cc2[N+](=O)[O-])cc1S(=O)(=O)N1CCOCC1. The molecule has 1 saturated heterocycles. The Labute approximate surface area is 194 Å². The van der Waals surface area contributed by atoms with Crippen molar-refractivity contribution in [3.8, 4) is 0 Å². The van der Waals surface area contributed by atoms with Gasteiger partial charge in [-0.2, -0.15) is 4.31 Å². The average Bonchev–Trinajstić information content (AvgIpc) is 2.79. The van der Waals surface area contributed by atoms with Gasteiger partial charge in [0.15, 0.2) is 6.61 Å². The summed E-state index contributed by atoms with van der Waals surface area (Å²) < 4.78 is 37.3. The lowest BCUT2D eigenvalue weighted by molar-refractivity contribution is -0.383. The molecule has 1 aliphatic heterocycles. The van der Waals surface area contributed by atoms with Gasteiger partial charge in [0.25, 0.3) is 11.6 Å². The fraction of sp³-hybridized carbons (Fsp3) is 0.300. The number of nitrogens with zero attached hydrogens (tertiary/aromatic N) is 2. The number of amides is 1. The van der Waals surface area contributed by atoms with Crippen LogP contribution in [-0.4, -0.2) is 62.4 Å². The lowest BCUT2D eigenvalue weighted by atomic mass is 10.1. The smallest absolute Gasteiger partial charge is 0.338 e. The molecule has 176 valence electrons. The van der Waals surface area contributed by atoms with E-state index in [-0.39, 0.29) is 47.5 Å². The van der Waals surface area contributed by atoms with Gasteiger partial charge in [0.2, 0.25) is 10.0 Å². The molecule has 2 aromatic carbocycles. The molecule has 0 saturated carbocycles. The highest BCUT2D eigenvalue weighted by Gasteiger charge is 2.28. The van der Waals surface area contributed by atoms with Crippen molar-refractivity contribution in [2.45, 2.75) is 11.8 Å². The lowest BCUT2D eigenvalue weighted by Gasteiger charge is -2.26. The number of benzene rings is 2. The van der Waals surface area contributed by atoms with Crippen molar-refractivity contribution in [3.63, 3.8) is 0 Å². The average molecular weight is 498 g/mol. The van der Waals surface area contributed by atoms with Crippen LogP contribution in [0.3, 0.4) is 0 Å². The summed E-state index contributed by atoms with van der Waals surface area (Å²) in [4.78, 5) is 34.9. The molecule has 13 heteroatoms. The Hall–Kier alpha value is -3.06. The standard InChI is InChI=1S/C20H20ClN3O8S/c1-13-2-3-14(10-18(13)33(29,30)23-6-8-31-9-7-23)20(26)32-12-19(25)22-16-5-4-15(21)11-17(16)24(27)28/h2-5,10-11H,6-9,12H2,1H3,(H,22,25). The quantitative estimate of drug-likeness (QED) is 0.348. The molecule has 1 aliphatic rings. The van der Waals surface area contributed by atoms with Crippen molar-refractivity contribution in [3.05, 3.63) is 62.7 Å². The van der Waals surface area contributed by atoms with Crippen LogP contribution in [0.15, 0.2) is 41.3 Å². The first-order valence-corrected chi connectivity index (χ1v) is 11.5. The largest absolute Gasteiger partial charge is 0.452 e. The fourth-order valence-corrected chi connectivity index (χ4v) is 4.92. The third kappa shape index (κ3) is 5.85. The molecule has 3 rings (SSSR count). The van der Waals surface area contributed by atoms with Gasteiger partial charge in [0.1, 0.15) is 5.69 Å². The number of nitro benzene ring substituents is 1. The summed E-state index contributed by atoms with van der Waals surface area (Å²) >= 11 is 5.73. The second kappa shape index (κ2) is 10.3. The molecule has 33 heavy (non-hydrogen) atoms. The van der Waals surface area contributed by atoms with Crippen LogP contribution in [0.2, 0.25) is 5.02 Å². The van der Waals surface area contributed by atoms with Gasteiger partial charge in [0, 0.05) is 24.2 Å². The summed E-state index contributed by atoms with van der Waals surface area (Å²) in [6.07, 6.45) is 0. The molecular weight excluding hydrogens is 478 g/mol. The summed E-state index contributed by atoms with van der Waals surface area (Å²) in [6, 6.07) is 7.75. The molecule has 0 aliphatic carbocycles. The number of hydrogen-bond acceptors (Lipinski definition) is 8. The molecule has 1 fully saturated rings. The van der Waals surface area contributed by atoms with Crippen LogP contribution >= 0.6 is 11.6 Å². The normalized spacial score (nSPS) is 14.5. The van der Waals surface area contributed by atoms with E-state index in [0.717, 1.165) is 6.07 Å². The topological polar surface area (TPSA) is 145 Å². The number of anilines is 1. The number of nitrogens with one attached hydrogen (secondary N) is 1. The van der Waals surface area contributed by atoms with E-state index in [1.165, 1.54) is 34.6 Å². The molecule has 1 heterocycles. The Morgan fingerprint density at radius 3 is 2.58 bits per heavy atom. The highest BCUT2D eigenvalue weighted by Crippen LogP contribution is 2.28. The van der Waals surface area contributed by atoms with Crippen LogP contribution in [0.4, 0.5) is 11.4 Å². The molecule has 11 nitrogen and oxygen atoms in total. The number of morpholine rings is 1. The number of nitro groups is 1. The Morgan fingerprint density at radius 1 is 1.21 bits per heavy atom. The maximum atomic E-state index is 13.0. The molecular formula is C20H20ClN3O8S. The number of aryl methyl sites for hydroxylation is 1. The monoisotopic (exact) mass is 497 g/mol. The van der Waals surface area contributed by atoms with Gasteiger partial charge in [-0.3, -0.25) is 14.9 Å². The first-order valence-electron chi connectivity index (χ1n) is 9.69. The number of ether oxygens (including phenoxy) is 2. The molecule has 0 atom stereocenters. The van der Waals surface area contributed by atoms with Crippen molar-refractivity contribution >= 4 is 44.9 Å². The van der Waals surface area contributed by atoms with E-state index in [1.807, 2.05) is 0 Å². The Morgan fingerprint density at radius 2 is 1.91 bits per heavy atom. The van der Waals surface area contributed by atoms with Crippen LogP contribution < -0.4 is 5.32 Å². The predicted octanol–water partition coefficient (Wildman–Crippen LogP) is 2.37. The zero-order valence-corrected chi connectivity index (χ0v) is 19.0. The molecule has 1 N–H and O–H groups in total. The molecule has 0 bridgehead atoms. The van der Waals surface area contributed by atoms with Crippen LogP contribution in [0.5, 0.6) is 0 Å². The van der Waals surface area contributed by atoms with Crippen molar-refractivity contribution in [2.24, 2.45) is 0 Å². The van der Waals surface area contributed by atoms with E-state index in [0.29, 0.717) is 5.56 Å². The van der Waals surface area contributed by atoms with Gasteiger partial charge in [-0.1, -0.05) is 17.7 Å². The van der Waals surface area contributed by atoms with Gasteiger partial charge in [-0.05, 0) is 36.8 Å². The lowest BCUT2D eigenvalue weighted by Crippen LogP contribution is -2.40. The maximum absolute atomic E-state index is 13.0. The van der Waals surface area contributed by atoms with E-state index < -0.39 is 39.1 Å². The highest BCUT2D eigenvalue weighted by atomic mass is 35.5. The molecule has 0 spiro atoms. The van der Waals surface area contributed by atoms with Gasteiger partial charge < -0.3 is 14.8 Å². The summed E-state index contributed by atoms with van der Waals surface area (Å²) in [5, 5.41) is 13.5. The van der Waals surface area contributed by atoms with Crippen LogP contribution in [-0.2, 0) is 24.3 Å². The van der Waals surface area contributed by atoms with E-state index in [2.05, 4.69) is 5.32 Å². The van der Waals surface area contributed by atoms with E-state index in [9.17, 15) is 28.1 Å². The minimum absolute atomic E-state index is 0.0416. The third-order valence-corrected chi connectivity index (χ3v) is 7.05. The number of esters is 1. The Kier molecular flexibility index (Phi) is 7.64. The molecule has 1 amide bonds. The summed E-state index contributed by atoms with van der Waals surface area (Å²) in [6.45, 7) is 1.83. The van der Waals surface area contributed by atoms with Gasteiger partial charge >= 0.3 is 5.97 Å². The first kappa shape index (κ1) is 24.6. The van der Waals surface area contributed by atoms with Crippen molar-refractivity contribution in [2.75, 3.05) is 38.2 Å². The first-order chi connectivity index (χ1) is 15.6. The van der Waals surface area contributed by atoms with Gasteiger partial charge in [-0.15, -0.1) is 0 Å². The van der Waals surface area contributed by atoms with Gasteiger partial charge in [-0.25, -0.2) is 13.2 Å². The number of rotatable bonds is 7. The summed E-state index contributed by atoms with van der Waals surface area (Å²) in [7, 11) is -3.85. The number of halogens is 1. The van der Waals surface area contributed by atoms with Crippen molar-refractivity contribution in [1.82, 2.24) is 4.31 Å².